The van der Waals surface area contributed by atoms with Crippen molar-refractivity contribution >= 4 is 29.3 Å². The van der Waals surface area contributed by atoms with Crippen LogP contribution in [0.25, 0.3) is 0 Å². The second-order valence-electron chi connectivity index (χ2n) is 4.96. The highest BCUT2D eigenvalue weighted by molar-refractivity contribution is 7.99. The lowest BCUT2D eigenvalue weighted by molar-refractivity contribution is -0.113. The summed E-state index contributed by atoms with van der Waals surface area (Å²) in [6.45, 7) is 5.95. The Morgan fingerprint density at radius 1 is 1.38 bits per heavy atom. The Balaban J connectivity index is 1.98. The van der Waals surface area contributed by atoms with Crippen molar-refractivity contribution in [3.63, 3.8) is 0 Å². The van der Waals surface area contributed by atoms with Crippen LogP contribution in [0.2, 0.25) is 0 Å². The Hall–Kier alpha value is -2.02. The number of hydrogen-bond acceptors (Lipinski definition) is 5. The molecule has 21 heavy (non-hydrogen) atoms. The average Bonchev–Trinajstić information content (AvgIpc) is 2.80. The molecule has 0 unspecified atom stereocenters. The van der Waals surface area contributed by atoms with Gasteiger partial charge in [0.1, 0.15) is 0 Å². The van der Waals surface area contributed by atoms with Gasteiger partial charge in [-0.15, -0.1) is 10.2 Å². The largest absolute Gasteiger partial charge is 0.368 e. The van der Waals surface area contributed by atoms with E-state index in [2.05, 4.69) is 15.5 Å². The Labute approximate surface area is 128 Å². The van der Waals surface area contributed by atoms with Crippen molar-refractivity contribution in [2.75, 3.05) is 16.8 Å². The number of thioether (sulfide) groups is 1. The lowest BCUT2D eigenvalue weighted by Crippen LogP contribution is -2.15. The SMILES string of the molecule is Cc1ccccc1NC(=O)CSc1nnc(N)n1C(C)C. The summed E-state index contributed by atoms with van der Waals surface area (Å²) in [6, 6.07) is 7.83. The quantitative estimate of drug-likeness (QED) is 0.829. The molecule has 0 aliphatic carbocycles. The lowest BCUT2D eigenvalue weighted by Gasteiger charge is -2.11. The summed E-state index contributed by atoms with van der Waals surface area (Å²) in [4.78, 5) is 12.0. The number of para-hydroxylation sites is 1. The summed E-state index contributed by atoms with van der Waals surface area (Å²) >= 11 is 1.33. The van der Waals surface area contributed by atoms with Gasteiger partial charge in [0.15, 0.2) is 5.16 Å². The van der Waals surface area contributed by atoms with E-state index in [9.17, 15) is 4.79 Å². The molecule has 0 bridgehead atoms. The maximum absolute atomic E-state index is 12.0. The van der Waals surface area contributed by atoms with Gasteiger partial charge in [0, 0.05) is 11.7 Å². The van der Waals surface area contributed by atoms with E-state index in [4.69, 9.17) is 5.73 Å². The van der Waals surface area contributed by atoms with E-state index >= 15 is 0 Å². The zero-order valence-corrected chi connectivity index (χ0v) is 13.1. The summed E-state index contributed by atoms with van der Waals surface area (Å²) in [5.41, 5.74) is 7.63. The molecule has 0 saturated carbocycles. The van der Waals surface area contributed by atoms with Crippen molar-refractivity contribution in [3.05, 3.63) is 29.8 Å². The van der Waals surface area contributed by atoms with Gasteiger partial charge in [-0.05, 0) is 32.4 Å². The van der Waals surface area contributed by atoms with E-state index in [0.717, 1.165) is 11.3 Å². The number of hydrogen-bond donors (Lipinski definition) is 2. The molecule has 0 aliphatic rings. The number of benzene rings is 1. The first-order valence-electron chi connectivity index (χ1n) is 6.67. The van der Waals surface area contributed by atoms with Crippen molar-refractivity contribution in [2.24, 2.45) is 0 Å². The van der Waals surface area contributed by atoms with Crippen molar-refractivity contribution in [1.29, 1.82) is 0 Å². The molecule has 0 aliphatic heterocycles. The second-order valence-corrected chi connectivity index (χ2v) is 5.90. The zero-order chi connectivity index (χ0) is 15.4. The van der Waals surface area contributed by atoms with Crippen LogP contribution in [-0.4, -0.2) is 26.4 Å². The molecule has 1 aromatic heterocycles. The Morgan fingerprint density at radius 2 is 2.10 bits per heavy atom. The lowest BCUT2D eigenvalue weighted by atomic mass is 10.2. The Kier molecular flexibility index (Phi) is 4.85. The fraction of sp³-hybridized carbons (Fsp3) is 0.357. The normalized spacial score (nSPS) is 10.9. The number of carbonyl (C=O) groups excluding carboxylic acids is 1. The molecule has 0 radical (unpaired) electrons. The summed E-state index contributed by atoms with van der Waals surface area (Å²) < 4.78 is 1.81. The predicted octanol–water partition coefficient (Wildman–Crippen LogP) is 2.48. The van der Waals surface area contributed by atoms with Gasteiger partial charge >= 0.3 is 0 Å². The first-order chi connectivity index (χ1) is 9.99. The third-order valence-electron chi connectivity index (χ3n) is 2.96. The Morgan fingerprint density at radius 3 is 2.76 bits per heavy atom. The zero-order valence-electron chi connectivity index (χ0n) is 12.3. The number of nitrogens with two attached hydrogens (primary N) is 1. The molecule has 2 aromatic rings. The third-order valence-corrected chi connectivity index (χ3v) is 3.90. The number of rotatable bonds is 5. The first kappa shape index (κ1) is 15.4. The summed E-state index contributed by atoms with van der Waals surface area (Å²) in [5.74, 6) is 0.553. The maximum Gasteiger partial charge on any atom is 0.234 e. The number of nitrogens with one attached hydrogen (secondary N) is 1. The van der Waals surface area contributed by atoms with Gasteiger partial charge in [-0.25, -0.2) is 0 Å². The smallest absolute Gasteiger partial charge is 0.234 e. The number of amides is 1. The van der Waals surface area contributed by atoms with Crippen molar-refractivity contribution in [3.8, 4) is 0 Å². The molecule has 7 heteroatoms. The maximum atomic E-state index is 12.0. The molecule has 0 fully saturated rings. The van der Waals surface area contributed by atoms with Gasteiger partial charge in [0.2, 0.25) is 11.9 Å². The van der Waals surface area contributed by atoms with Crippen LogP contribution in [0.1, 0.15) is 25.5 Å². The molecule has 6 nitrogen and oxygen atoms in total. The molecule has 1 aromatic carbocycles. The summed E-state index contributed by atoms with van der Waals surface area (Å²) in [7, 11) is 0. The molecular formula is C14H19N5OS. The molecule has 0 saturated heterocycles. The first-order valence-corrected chi connectivity index (χ1v) is 7.66. The highest BCUT2D eigenvalue weighted by Crippen LogP contribution is 2.23. The molecule has 0 atom stereocenters. The van der Waals surface area contributed by atoms with Crippen LogP contribution in [-0.2, 0) is 4.79 Å². The van der Waals surface area contributed by atoms with E-state index in [1.54, 1.807) is 0 Å². The second kappa shape index (κ2) is 6.62. The van der Waals surface area contributed by atoms with Crippen molar-refractivity contribution in [1.82, 2.24) is 14.8 Å². The van der Waals surface area contributed by atoms with E-state index < -0.39 is 0 Å². The standard InChI is InChI=1S/C14H19N5OS/c1-9(2)19-13(15)17-18-14(19)21-8-12(20)16-11-7-5-4-6-10(11)3/h4-7,9H,8H2,1-3H3,(H2,15,17)(H,16,20). The number of nitrogens with zero attached hydrogens (tertiary/aromatic N) is 3. The number of aromatic nitrogens is 3. The molecular weight excluding hydrogens is 286 g/mol. The predicted molar refractivity (Wildman–Crippen MR) is 85.4 cm³/mol. The number of carbonyl (C=O) groups is 1. The number of aryl methyl sites for hydroxylation is 1. The van der Waals surface area contributed by atoms with Crippen LogP contribution >= 0.6 is 11.8 Å². The fourth-order valence-electron chi connectivity index (χ4n) is 1.90. The van der Waals surface area contributed by atoms with Crippen LogP contribution in [0.3, 0.4) is 0 Å². The summed E-state index contributed by atoms with van der Waals surface area (Å²) in [6.07, 6.45) is 0. The fourth-order valence-corrected chi connectivity index (χ4v) is 2.78. The molecule has 1 amide bonds. The van der Waals surface area contributed by atoms with Crippen LogP contribution < -0.4 is 11.1 Å². The van der Waals surface area contributed by atoms with Crippen LogP contribution in [0, 0.1) is 6.92 Å². The molecule has 3 N–H and O–H groups in total. The minimum absolute atomic E-state index is 0.0776. The number of nitrogen functional groups attached to an aromatic ring is 1. The van der Waals surface area contributed by atoms with Gasteiger partial charge in [-0.1, -0.05) is 30.0 Å². The van der Waals surface area contributed by atoms with Crippen LogP contribution in [0.5, 0.6) is 0 Å². The minimum atomic E-state index is -0.0776. The third kappa shape index (κ3) is 3.75. The highest BCUT2D eigenvalue weighted by Gasteiger charge is 2.14. The van der Waals surface area contributed by atoms with Crippen molar-refractivity contribution in [2.45, 2.75) is 32.0 Å². The molecule has 2 rings (SSSR count). The van der Waals surface area contributed by atoms with Crippen molar-refractivity contribution < 1.29 is 4.79 Å². The van der Waals surface area contributed by atoms with Gasteiger partial charge in [-0.3, -0.25) is 9.36 Å². The van der Waals surface area contributed by atoms with E-state index in [0.29, 0.717) is 11.1 Å². The van der Waals surface area contributed by atoms with Gasteiger partial charge < -0.3 is 11.1 Å². The minimum Gasteiger partial charge on any atom is -0.368 e. The van der Waals surface area contributed by atoms with Gasteiger partial charge in [0.25, 0.3) is 0 Å². The monoisotopic (exact) mass is 305 g/mol. The molecule has 112 valence electrons. The van der Waals surface area contributed by atoms with E-state index in [1.807, 2.05) is 49.6 Å². The van der Waals surface area contributed by atoms with Gasteiger partial charge in [-0.2, -0.15) is 0 Å². The number of anilines is 2. The topological polar surface area (TPSA) is 85.8 Å². The average molecular weight is 305 g/mol. The van der Waals surface area contributed by atoms with Gasteiger partial charge in [0.05, 0.1) is 5.75 Å². The van der Waals surface area contributed by atoms with Crippen LogP contribution in [0.15, 0.2) is 29.4 Å². The Bertz CT molecular complexity index is 638. The van der Waals surface area contributed by atoms with E-state index in [1.165, 1.54) is 11.8 Å². The molecule has 1 heterocycles. The van der Waals surface area contributed by atoms with Crippen LogP contribution in [0.4, 0.5) is 11.6 Å². The summed E-state index contributed by atoms with van der Waals surface area (Å²) in [5, 5.41) is 11.4. The van der Waals surface area contributed by atoms with E-state index in [-0.39, 0.29) is 17.7 Å². The molecule has 0 spiro atoms. The highest BCUT2D eigenvalue weighted by atomic mass is 32.2.